The molecule has 1 amide bonds. The molecule has 0 atom stereocenters. The highest BCUT2D eigenvalue weighted by molar-refractivity contribution is 5.96. The number of pyridine rings is 1. The summed E-state index contributed by atoms with van der Waals surface area (Å²) < 4.78 is 5.28. The fraction of sp³-hybridized carbons (Fsp3) is 0.391. The molecule has 0 aliphatic carbocycles. The Hall–Kier alpha value is -3.44. The molecule has 8 nitrogen and oxygen atoms in total. The molecule has 0 unspecified atom stereocenters. The van der Waals surface area contributed by atoms with Crippen LogP contribution in [0.1, 0.15) is 67.4 Å². The van der Waals surface area contributed by atoms with Gasteiger partial charge in [-0.3, -0.25) is 9.78 Å². The van der Waals surface area contributed by atoms with Crippen LogP contribution < -0.4 is 11.1 Å². The lowest BCUT2D eigenvalue weighted by molar-refractivity contribution is 0.0736. The minimum Gasteiger partial charge on any atom is -0.495 e. The number of aryl methyl sites for hydroxylation is 1. The number of amides is 1. The number of rotatable bonds is 7. The summed E-state index contributed by atoms with van der Waals surface area (Å²) in [5.41, 5.74) is 7.17. The molecule has 0 aliphatic heterocycles. The zero-order chi connectivity index (χ0) is 23.4. The van der Waals surface area contributed by atoms with E-state index in [1.54, 1.807) is 51.3 Å². The summed E-state index contributed by atoms with van der Waals surface area (Å²) in [5.74, 6) is 2.02. The minimum absolute atomic E-state index is 0.0374. The van der Waals surface area contributed by atoms with Crippen LogP contribution in [0.4, 0.5) is 5.82 Å². The smallest absolute Gasteiger partial charge is 0.274 e. The van der Waals surface area contributed by atoms with E-state index in [1.165, 1.54) is 0 Å². The molecule has 31 heavy (non-hydrogen) atoms. The van der Waals surface area contributed by atoms with E-state index in [2.05, 4.69) is 26.2 Å². The lowest BCUT2D eigenvalue weighted by Crippen LogP contribution is -2.27. The standard InChI is InChI=1S/C19H25N5O3.C4H6/c1-5-9-27-11-14-12(2)22-16(17(20)24-14)18(25)21-10-13-7-6-8-15(23-13)19(3,4)26;1-3-4-2/h5-9,26H,10-11H2,1-4H3,(H2,20,24)(H,21,25);1H,4H2,2H3/b9-5-;. The maximum atomic E-state index is 12.4. The average Bonchev–Trinajstić information content (AvgIpc) is 2.74. The fourth-order valence-corrected chi connectivity index (χ4v) is 2.27. The van der Waals surface area contributed by atoms with Crippen LogP contribution in [0.3, 0.4) is 0 Å². The van der Waals surface area contributed by atoms with E-state index < -0.39 is 11.5 Å². The lowest BCUT2D eigenvalue weighted by Gasteiger charge is -2.17. The summed E-state index contributed by atoms with van der Waals surface area (Å²) in [4.78, 5) is 25.3. The number of allylic oxidation sites excluding steroid dienone is 1. The normalized spacial score (nSPS) is 10.7. The number of carbonyl (C=O) groups excluding carboxylic acids is 1. The first-order valence-electron chi connectivity index (χ1n) is 9.90. The SMILES string of the molecule is C#CCC.C/C=C\OCc1nc(N)c(C(=O)NCc2cccc(C(C)(C)O)n2)nc1C. The van der Waals surface area contributed by atoms with Gasteiger partial charge in [0.25, 0.3) is 5.91 Å². The van der Waals surface area contributed by atoms with Crippen LogP contribution in [0.5, 0.6) is 0 Å². The molecule has 0 spiro atoms. The van der Waals surface area contributed by atoms with Crippen LogP contribution in [0.15, 0.2) is 30.5 Å². The van der Waals surface area contributed by atoms with Crippen molar-refractivity contribution >= 4 is 11.7 Å². The van der Waals surface area contributed by atoms with E-state index in [0.29, 0.717) is 22.8 Å². The molecular formula is C23H31N5O3. The number of anilines is 1. The number of aliphatic hydroxyl groups is 1. The van der Waals surface area contributed by atoms with Crippen LogP contribution >= 0.6 is 0 Å². The van der Waals surface area contributed by atoms with Crippen molar-refractivity contribution in [2.75, 3.05) is 5.73 Å². The highest BCUT2D eigenvalue weighted by Gasteiger charge is 2.19. The van der Waals surface area contributed by atoms with Gasteiger partial charge in [-0.1, -0.05) is 19.1 Å². The third kappa shape index (κ3) is 8.44. The Kier molecular flexibility index (Phi) is 10.2. The van der Waals surface area contributed by atoms with Crippen molar-refractivity contribution in [1.82, 2.24) is 20.3 Å². The Labute approximate surface area is 184 Å². The van der Waals surface area contributed by atoms with Crippen LogP contribution in [0.25, 0.3) is 0 Å². The second-order valence-electron chi connectivity index (χ2n) is 7.08. The highest BCUT2D eigenvalue weighted by atomic mass is 16.5. The number of nitrogens with one attached hydrogen (secondary N) is 1. The van der Waals surface area contributed by atoms with Crippen molar-refractivity contribution in [2.45, 2.75) is 59.8 Å². The molecule has 2 heterocycles. The van der Waals surface area contributed by atoms with Crippen LogP contribution in [-0.4, -0.2) is 26.0 Å². The molecule has 2 aromatic rings. The molecule has 0 bridgehead atoms. The van der Waals surface area contributed by atoms with Gasteiger partial charge in [-0.05, 0) is 39.8 Å². The van der Waals surface area contributed by atoms with Gasteiger partial charge in [-0.25, -0.2) is 9.97 Å². The van der Waals surface area contributed by atoms with Gasteiger partial charge in [0.2, 0.25) is 0 Å². The van der Waals surface area contributed by atoms with Gasteiger partial charge in [0.1, 0.15) is 17.9 Å². The van der Waals surface area contributed by atoms with Crippen LogP contribution in [0.2, 0.25) is 0 Å². The predicted molar refractivity (Wildman–Crippen MR) is 121 cm³/mol. The maximum absolute atomic E-state index is 12.4. The van der Waals surface area contributed by atoms with Crippen LogP contribution in [0, 0.1) is 19.3 Å². The van der Waals surface area contributed by atoms with Gasteiger partial charge in [0, 0.05) is 6.42 Å². The zero-order valence-electron chi connectivity index (χ0n) is 18.8. The molecule has 2 rings (SSSR count). The Morgan fingerprint density at radius 3 is 2.61 bits per heavy atom. The number of nitrogens with two attached hydrogens (primary N) is 1. The maximum Gasteiger partial charge on any atom is 0.274 e. The van der Waals surface area contributed by atoms with Gasteiger partial charge in [-0.15, -0.1) is 12.3 Å². The summed E-state index contributed by atoms with van der Waals surface area (Å²) in [7, 11) is 0. The summed E-state index contributed by atoms with van der Waals surface area (Å²) in [6.45, 7) is 9.23. The number of hydrogen-bond acceptors (Lipinski definition) is 7. The van der Waals surface area contributed by atoms with E-state index in [-0.39, 0.29) is 24.7 Å². The molecular weight excluding hydrogens is 394 g/mol. The summed E-state index contributed by atoms with van der Waals surface area (Å²) in [6, 6.07) is 5.27. The first-order chi connectivity index (χ1) is 14.6. The second-order valence-corrected chi connectivity index (χ2v) is 7.08. The van der Waals surface area contributed by atoms with Gasteiger partial charge < -0.3 is 20.9 Å². The molecule has 4 N–H and O–H groups in total. The first-order valence-corrected chi connectivity index (χ1v) is 9.90. The van der Waals surface area contributed by atoms with Crippen LogP contribution in [-0.2, 0) is 23.5 Å². The average molecular weight is 426 g/mol. The number of hydrogen-bond donors (Lipinski definition) is 3. The number of terminal acetylenes is 1. The van der Waals surface area contributed by atoms with E-state index in [0.717, 1.165) is 6.42 Å². The summed E-state index contributed by atoms with van der Waals surface area (Å²) in [6.07, 6.45) is 8.93. The molecule has 0 aromatic carbocycles. The Balaban J connectivity index is 0.00000110. The van der Waals surface area contributed by atoms with Gasteiger partial charge >= 0.3 is 0 Å². The first kappa shape index (κ1) is 25.6. The van der Waals surface area contributed by atoms with Crippen molar-refractivity contribution in [2.24, 2.45) is 0 Å². The molecule has 2 aromatic heterocycles. The largest absolute Gasteiger partial charge is 0.495 e. The van der Waals surface area contributed by atoms with Crippen molar-refractivity contribution in [3.05, 3.63) is 59.0 Å². The molecule has 0 saturated carbocycles. The third-order valence-electron chi connectivity index (χ3n) is 3.93. The number of nitrogen functional groups attached to an aromatic ring is 1. The number of nitrogens with zero attached hydrogens (tertiary/aromatic N) is 3. The van der Waals surface area contributed by atoms with Gasteiger partial charge in [0.15, 0.2) is 11.5 Å². The molecule has 0 fully saturated rings. The Morgan fingerprint density at radius 2 is 2.03 bits per heavy atom. The van der Waals surface area contributed by atoms with E-state index in [4.69, 9.17) is 16.9 Å². The van der Waals surface area contributed by atoms with E-state index in [9.17, 15) is 9.90 Å². The summed E-state index contributed by atoms with van der Waals surface area (Å²) in [5, 5.41) is 12.8. The topological polar surface area (TPSA) is 123 Å². The monoisotopic (exact) mass is 425 g/mol. The molecule has 166 valence electrons. The second kappa shape index (κ2) is 12.3. The zero-order valence-corrected chi connectivity index (χ0v) is 18.8. The van der Waals surface area contributed by atoms with E-state index >= 15 is 0 Å². The molecule has 0 aliphatic rings. The van der Waals surface area contributed by atoms with E-state index in [1.807, 2.05) is 13.8 Å². The highest BCUT2D eigenvalue weighted by Crippen LogP contribution is 2.17. The van der Waals surface area contributed by atoms with Crippen molar-refractivity contribution in [3.8, 4) is 12.3 Å². The van der Waals surface area contributed by atoms with Crippen molar-refractivity contribution < 1.29 is 14.6 Å². The number of ether oxygens (including phenoxy) is 1. The lowest BCUT2D eigenvalue weighted by atomic mass is 10.0. The molecule has 8 heteroatoms. The summed E-state index contributed by atoms with van der Waals surface area (Å²) >= 11 is 0. The number of carbonyl (C=O) groups is 1. The van der Waals surface area contributed by atoms with Crippen molar-refractivity contribution in [3.63, 3.8) is 0 Å². The predicted octanol–water partition coefficient (Wildman–Crippen LogP) is 3.00. The third-order valence-corrected chi connectivity index (χ3v) is 3.93. The molecule has 0 saturated heterocycles. The number of aromatic nitrogens is 3. The quantitative estimate of drug-likeness (QED) is 0.460. The fourth-order valence-electron chi connectivity index (χ4n) is 2.27. The minimum atomic E-state index is -1.06. The van der Waals surface area contributed by atoms with Gasteiger partial charge in [-0.2, -0.15) is 0 Å². The van der Waals surface area contributed by atoms with Gasteiger partial charge in [0.05, 0.1) is 29.9 Å². The Bertz CT molecular complexity index is 943. The van der Waals surface area contributed by atoms with Crippen molar-refractivity contribution in [1.29, 1.82) is 0 Å². The molecule has 0 radical (unpaired) electrons. The Morgan fingerprint density at radius 1 is 1.35 bits per heavy atom.